The molecule has 0 amide bonds. The number of likely N-dealkylation sites (tertiary alicyclic amines) is 1. The van der Waals surface area contributed by atoms with Gasteiger partial charge in [-0.25, -0.2) is 8.78 Å². The fourth-order valence-corrected chi connectivity index (χ4v) is 4.93. The lowest BCUT2D eigenvalue weighted by molar-refractivity contribution is -0.124. The molecule has 2 aromatic rings. The third-order valence-corrected chi connectivity index (χ3v) is 7.31. The zero-order valence-electron chi connectivity index (χ0n) is 23.1. The summed E-state index contributed by atoms with van der Waals surface area (Å²) in [7, 11) is 1.66. The Labute approximate surface area is 227 Å². The first kappa shape index (κ1) is 31.5. The fraction of sp³-hybridized carbons (Fsp3) is 0.533. The van der Waals surface area contributed by atoms with Crippen LogP contribution in [0, 0.1) is 18.3 Å². The molecular weight excluding hydrogens is 485 g/mol. The number of ketones is 1. The van der Waals surface area contributed by atoms with Gasteiger partial charge in [-0.05, 0) is 81.6 Å². The highest BCUT2D eigenvalue weighted by Crippen LogP contribution is 2.38. The van der Waals surface area contributed by atoms with Crippen molar-refractivity contribution in [2.45, 2.75) is 71.5 Å². The molecule has 8 heteroatoms. The summed E-state index contributed by atoms with van der Waals surface area (Å²) in [4.78, 5) is 15.0. The number of benzene rings is 2. The van der Waals surface area contributed by atoms with Gasteiger partial charge in [-0.15, -0.1) is 0 Å². The second-order valence-corrected chi connectivity index (χ2v) is 9.78. The smallest absolute Gasteiger partial charge is 0.263 e. The van der Waals surface area contributed by atoms with E-state index in [-0.39, 0.29) is 11.3 Å². The van der Waals surface area contributed by atoms with Crippen LogP contribution in [0.3, 0.4) is 0 Å². The van der Waals surface area contributed by atoms with Crippen LogP contribution in [-0.4, -0.2) is 55.9 Å². The molecule has 0 atom stereocenters. The summed E-state index contributed by atoms with van der Waals surface area (Å²) in [6, 6.07) is 12.5. The number of Topliss-reactive ketones (excluding diaryl/α,β-unsaturated/α-hetero) is 1. The minimum atomic E-state index is -2.55. The number of aliphatic hydroxyl groups excluding tert-OH is 1. The number of carbonyl (C=O) groups excluding carboxylic acids is 1. The first-order valence-corrected chi connectivity index (χ1v) is 13.4. The number of aryl methyl sites for hydroxylation is 1. The Morgan fingerprint density at radius 1 is 1.21 bits per heavy atom. The molecule has 0 spiro atoms. The molecule has 5 nitrogen and oxygen atoms in total. The topological polar surface area (TPSA) is 73.6 Å². The number of hydrogen-bond donors (Lipinski definition) is 1. The van der Waals surface area contributed by atoms with Crippen molar-refractivity contribution < 1.29 is 23.4 Å². The van der Waals surface area contributed by atoms with E-state index in [4.69, 9.17) is 9.84 Å². The summed E-state index contributed by atoms with van der Waals surface area (Å²) in [6.45, 7) is 10.3. The number of nitrogens with zero attached hydrogens (tertiary/aromatic N) is 2. The van der Waals surface area contributed by atoms with Crippen molar-refractivity contribution in [2.75, 3.05) is 32.8 Å². The number of hydrogen-bond acceptors (Lipinski definition) is 5. The number of unbranched alkanes of at least 4 members (excludes halogenated alkanes) is 2. The van der Waals surface area contributed by atoms with Crippen molar-refractivity contribution >= 4 is 18.5 Å². The van der Waals surface area contributed by atoms with Crippen LogP contribution in [0.1, 0.15) is 74.6 Å². The number of halogens is 2. The molecule has 0 bridgehead atoms. The predicted octanol–water partition coefficient (Wildman–Crippen LogP) is 5.35. The predicted molar refractivity (Wildman–Crippen MR) is 149 cm³/mol. The molecule has 0 unspecified atom stereocenters. The van der Waals surface area contributed by atoms with Crippen molar-refractivity contribution in [3.63, 3.8) is 0 Å². The number of rotatable bonds is 11. The van der Waals surface area contributed by atoms with Gasteiger partial charge in [-0.1, -0.05) is 44.2 Å². The molecule has 0 aromatic heterocycles. The number of carbonyl (C=O) groups is 1. The van der Waals surface area contributed by atoms with Crippen LogP contribution in [0.15, 0.2) is 36.4 Å². The van der Waals surface area contributed by atoms with Gasteiger partial charge in [0.25, 0.3) is 6.43 Å². The molecule has 1 aliphatic rings. The Bertz CT molecular complexity index is 1080. The maximum Gasteiger partial charge on any atom is 0.263 e. The lowest BCUT2D eigenvalue weighted by Crippen LogP contribution is -2.47. The second-order valence-electron chi connectivity index (χ2n) is 9.78. The zero-order chi connectivity index (χ0) is 28.1. The van der Waals surface area contributed by atoms with Gasteiger partial charge in [0.1, 0.15) is 25.4 Å². The number of aliphatic hydroxyl groups is 1. The van der Waals surface area contributed by atoms with Gasteiger partial charge < -0.3 is 9.84 Å². The van der Waals surface area contributed by atoms with Crippen molar-refractivity contribution in [1.82, 2.24) is 4.90 Å². The SMILES string of the molecule is CCCCCO.C[B]c1ccc(OCCN2CCC(C(C)=O)(c3cc(C#N)ccc3C)CC2)cc1C(F)F. The Balaban J connectivity index is 0.000000757. The molecule has 1 saturated heterocycles. The van der Waals surface area contributed by atoms with E-state index in [2.05, 4.69) is 17.9 Å². The molecule has 0 aliphatic carbocycles. The Hall–Kier alpha value is -2.76. The Morgan fingerprint density at radius 3 is 2.45 bits per heavy atom. The van der Waals surface area contributed by atoms with Crippen LogP contribution in [0.4, 0.5) is 8.78 Å². The van der Waals surface area contributed by atoms with Crippen molar-refractivity contribution in [3.05, 3.63) is 58.7 Å². The van der Waals surface area contributed by atoms with Gasteiger partial charge in [0.05, 0.1) is 17.0 Å². The van der Waals surface area contributed by atoms with Crippen LogP contribution in [0.25, 0.3) is 0 Å². The van der Waals surface area contributed by atoms with E-state index in [1.807, 2.05) is 19.1 Å². The lowest BCUT2D eigenvalue weighted by Gasteiger charge is -2.41. The number of piperidine rings is 1. The van der Waals surface area contributed by atoms with Gasteiger partial charge >= 0.3 is 0 Å². The van der Waals surface area contributed by atoms with Gasteiger partial charge in [0.2, 0.25) is 0 Å². The summed E-state index contributed by atoms with van der Waals surface area (Å²) in [5.74, 6) is 0.559. The first-order chi connectivity index (χ1) is 18.2. The Kier molecular flexibility index (Phi) is 12.9. The molecule has 0 saturated carbocycles. The molecule has 1 N–H and O–H groups in total. The first-order valence-electron chi connectivity index (χ1n) is 13.4. The summed E-state index contributed by atoms with van der Waals surface area (Å²) in [5, 5.41) is 17.5. The van der Waals surface area contributed by atoms with Gasteiger partial charge in [0, 0.05) is 18.7 Å². The largest absolute Gasteiger partial charge is 0.492 e. The minimum absolute atomic E-state index is 0.0239. The molecule has 1 fully saturated rings. The average molecular weight is 525 g/mol. The molecule has 2 aromatic carbocycles. The highest BCUT2D eigenvalue weighted by atomic mass is 19.3. The second kappa shape index (κ2) is 15.6. The molecule has 3 rings (SSSR count). The fourth-order valence-electron chi connectivity index (χ4n) is 4.93. The van der Waals surface area contributed by atoms with Crippen LogP contribution in [0.2, 0.25) is 6.82 Å². The van der Waals surface area contributed by atoms with Crippen molar-refractivity contribution in [1.29, 1.82) is 5.26 Å². The summed E-state index contributed by atoms with van der Waals surface area (Å²) >= 11 is 0. The maximum absolute atomic E-state index is 13.2. The highest BCUT2D eigenvalue weighted by molar-refractivity contribution is 6.52. The molecule has 205 valence electrons. The zero-order valence-corrected chi connectivity index (χ0v) is 23.1. The summed E-state index contributed by atoms with van der Waals surface area (Å²) in [6.07, 6.45) is 2.13. The molecule has 38 heavy (non-hydrogen) atoms. The van der Waals surface area contributed by atoms with Gasteiger partial charge in [-0.3, -0.25) is 9.69 Å². The van der Waals surface area contributed by atoms with E-state index in [9.17, 15) is 18.8 Å². The van der Waals surface area contributed by atoms with E-state index in [0.717, 1.165) is 37.1 Å². The van der Waals surface area contributed by atoms with E-state index in [0.29, 0.717) is 49.4 Å². The van der Waals surface area contributed by atoms with Crippen molar-refractivity contribution in [3.8, 4) is 11.8 Å². The third-order valence-electron chi connectivity index (χ3n) is 7.31. The Morgan fingerprint density at radius 2 is 1.92 bits per heavy atom. The van der Waals surface area contributed by atoms with Gasteiger partial charge in [-0.2, -0.15) is 5.26 Å². The van der Waals surface area contributed by atoms with E-state index >= 15 is 0 Å². The number of alkyl halides is 2. The van der Waals surface area contributed by atoms with E-state index in [1.165, 1.54) is 12.5 Å². The van der Waals surface area contributed by atoms with Gasteiger partial charge in [0.15, 0.2) is 0 Å². The van der Waals surface area contributed by atoms with Crippen LogP contribution >= 0.6 is 0 Å². The number of ether oxygens (including phenoxy) is 1. The van der Waals surface area contributed by atoms with E-state index in [1.54, 1.807) is 39.2 Å². The quantitative estimate of drug-likeness (QED) is 0.316. The average Bonchev–Trinajstić information content (AvgIpc) is 2.92. The van der Waals surface area contributed by atoms with E-state index < -0.39 is 11.8 Å². The summed E-state index contributed by atoms with van der Waals surface area (Å²) in [5.41, 5.74) is 2.46. The highest BCUT2D eigenvalue weighted by Gasteiger charge is 2.41. The molecule has 1 radical (unpaired) electrons. The molecule has 1 aliphatic heterocycles. The standard InChI is InChI=1S/C25H28BF2N2O2.C5H12O/c1-17-4-5-19(16-29)14-22(17)25(18(2)31)8-10-30(11-9-25)12-13-32-20-6-7-23(26-3)21(15-20)24(27)28;1-2-3-4-5-6/h4-7,14-15,24H,8-13H2,1-3H3;6H,2-5H2,1H3. The number of nitriles is 1. The van der Waals surface area contributed by atoms with Crippen molar-refractivity contribution in [2.24, 2.45) is 0 Å². The third kappa shape index (κ3) is 8.37. The van der Waals surface area contributed by atoms with Crippen LogP contribution in [0.5, 0.6) is 5.75 Å². The van der Waals surface area contributed by atoms with Crippen LogP contribution < -0.4 is 10.2 Å². The molecule has 1 heterocycles. The maximum atomic E-state index is 13.2. The molecular formula is C30H40BF2N2O3. The van der Waals surface area contributed by atoms with Crippen LogP contribution in [-0.2, 0) is 10.2 Å². The summed E-state index contributed by atoms with van der Waals surface area (Å²) < 4.78 is 32.2. The monoisotopic (exact) mass is 525 g/mol. The normalized spacial score (nSPS) is 14.8. The lowest BCUT2D eigenvalue weighted by atomic mass is 9.68. The minimum Gasteiger partial charge on any atom is -0.492 e.